The maximum absolute atomic E-state index is 13.4. The molecule has 3 heteroatoms. The Hall–Kier alpha value is -3.20. The highest BCUT2D eigenvalue weighted by molar-refractivity contribution is 6.10. The summed E-state index contributed by atoms with van der Waals surface area (Å²) in [5.74, 6) is 0.238. The van der Waals surface area contributed by atoms with E-state index in [1.807, 2.05) is 36.4 Å². The number of hydrogen-bond donors (Lipinski definition) is 1. The van der Waals surface area contributed by atoms with Crippen LogP contribution in [-0.4, -0.2) is 11.5 Å². The second-order valence-electron chi connectivity index (χ2n) is 8.11. The van der Waals surface area contributed by atoms with Crippen LogP contribution in [0.4, 0.5) is 11.4 Å². The summed E-state index contributed by atoms with van der Waals surface area (Å²) in [4.78, 5) is 18.5. The van der Waals surface area contributed by atoms with E-state index in [4.69, 9.17) is 4.99 Å². The number of carbonyl (C=O) groups is 1. The molecule has 0 radical (unpaired) electrons. The number of Topliss-reactive ketones (excluding diaryl/α,β-unsaturated/α-hetero) is 1. The van der Waals surface area contributed by atoms with Crippen LogP contribution in [0.25, 0.3) is 0 Å². The van der Waals surface area contributed by atoms with Gasteiger partial charge >= 0.3 is 0 Å². The van der Waals surface area contributed by atoms with Crippen molar-refractivity contribution in [3.05, 3.63) is 95.6 Å². The van der Waals surface area contributed by atoms with E-state index in [2.05, 4.69) is 54.7 Å². The topological polar surface area (TPSA) is 41.5 Å². The molecule has 3 atom stereocenters. The molecule has 3 nitrogen and oxygen atoms in total. The zero-order valence-corrected chi connectivity index (χ0v) is 16.5. The zero-order chi connectivity index (χ0) is 19.8. The lowest BCUT2D eigenvalue weighted by atomic mass is 9.72. The van der Waals surface area contributed by atoms with Gasteiger partial charge < -0.3 is 5.32 Å². The summed E-state index contributed by atoms with van der Waals surface area (Å²) in [6.45, 7) is 2.09. The molecule has 1 aliphatic heterocycles. The molecule has 0 amide bonds. The van der Waals surface area contributed by atoms with Gasteiger partial charge in [-0.2, -0.15) is 0 Å². The molecule has 0 spiro atoms. The molecule has 0 bridgehead atoms. The second-order valence-corrected chi connectivity index (χ2v) is 8.11. The van der Waals surface area contributed by atoms with Gasteiger partial charge in [-0.15, -0.1) is 0 Å². The molecular formula is C26H24N2O. The van der Waals surface area contributed by atoms with E-state index in [0.29, 0.717) is 6.42 Å². The third kappa shape index (κ3) is 3.38. The Kier molecular flexibility index (Phi) is 4.51. The minimum atomic E-state index is -0.231. The van der Waals surface area contributed by atoms with Crippen LogP contribution in [-0.2, 0) is 4.79 Å². The highest BCUT2D eigenvalue weighted by atomic mass is 16.1. The predicted octanol–water partition coefficient (Wildman–Crippen LogP) is 6.00. The van der Waals surface area contributed by atoms with Crippen molar-refractivity contribution in [1.29, 1.82) is 0 Å². The second kappa shape index (κ2) is 7.32. The number of aliphatic imine (C=N–C) groups is 1. The highest BCUT2D eigenvalue weighted by Crippen LogP contribution is 2.43. The predicted molar refractivity (Wildman–Crippen MR) is 118 cm³/mol. The summed E-state index contributed by atoms with van der Waals surface area (Å²) in [5, 5.41) is 3.64. The third-order valence-electron chi connectivity index (χ3n) is 6.13. The normalized spacial score (nSPS) is 23.3. The molecule has 1 aliphatic carbocycles. The molecule has 0 aromatic heterocycles. The van der Waals surface area contributed by atoms with Crippen LogP contribution >= 0.6 is 0 Å². The van der Waals surface area contributed by atoms with Gasteiger partial charge in [0, 0.05) is 12.1 Å². The van der Waals surface area contributed by atoms with Gasteiger partial charge in [0.2, 0.25) is 0 Å². The van der Waals surface area contributed by atoms with Crippen LogP contribution in [0.5, 0.6) is 0 Å². The van der Waals surface area contributed by atoms with Crippen LogP contribution in [0.3, 0.4) is 0 Å². The molecule has 144 valence electrons. The Morgan fingerprint density at radius 3 is 2.34 bits per heavy atom. The Bertz CT molecular complexity index is 1070. The van der Waals surface area contributed by atoms with Crippen LogP contribution in [0.1, 0.15) is 41.5 Å². The maximum Gasteiger partial charge on any atom is 0.144 e. The summed E-state index contributed by atoms with van der Waals surface area (Å²) in [7, 11) is 0. The molecule has 1 N–H and O–H groups in total. The molecule has 5 rings (SSSR count). The fourth-order valence-corrected chi connectivity index (χ4v) is 4.61. The summed E-state index contributed by atoms with van der Waals surface area (Å²) in [6, 6.07) is 26.9. The Morgan fingerprint density at radius 1 is 0.828 bits per heavy atom. The average Bonchev–Trinajstić information content (AvgIpc) is 2.92. The summed E-state index contributed by atoms with van der Waals surface area (Å²) < 4.78 is 0. The van der Waals surface area contributed by atoms with Crippen molar-refractivity contribution < 1.29 is 4.79 Å². The summed E-state index contributed by atoms with van der Waals surface area (Å²) in [5.41, 5.74) is 6.48. The van der Waals surface area contributed by atoms with Gasteiger partial charge in [0.05, 0.1) is 23.3 Å². The fourth-order valence-electron chi connectivity index (χ4n) is 4.61. The van der Waals surface area contributed by atoms with E-state index >= 15 is 0 Å². The zero-order valence-electron chi connectivity index (χ0n) is 16.5. The van der Waals surface area contributed by atoms with Gasteiger partial charge in [-0.3, -0.25) is 9.79 Å². The smallest absolute Gasteiger partial charge is 0.144 e. The number of para-hydroxylation sites is 2. The van der Waals surface area contributed by atoms with Crippen molar-refractivity contribution >= 4 is 22.9 Å². The van der Waals surface area contributed by atoms with Gasteiger partial charge in [0.25, 0.3) is 0 Å². The van der Waals surface area contributed by atoms with Crippen LogP contribution in [0, 0.1) is 12.8 Å². The van der Waals surface area contributed by atoms with Crippen molar-refractivity contribution in [3.8, 4) is 0 Å². The summed E-state index contributed by atoms with van der Waals surface area (Å²) in [6.07, 6.45) is 1.38. The van der Waals surface area contributed by atoms with Crippen molar-refractivity contribution in [1.82, 2.24) is 0 Å². The number of nitrogens with one attached hydrogen (secondary N) is 1. The standard InChI is InChI=1S/C26H24N2O/c1-17-11-13-19(14-12-17)26-25-23(27-21-9-5-6-10-22(21)28-26)15-20(16-24(25)29)18-7-3-2-4-8-18/h2-14,20,25-26,28H,15-16H2,1H3/t20-,25-,26+/m0/s1. The molecule has 0 unspecified atom stereocenters. The fraction of sp³-hybridized carbons (Fsp3) is 0.231. The van der Waals surface area contributed by atoms with Crippen molar-refractivity contribution in [2.45, 2.75) is 31.7 Å². The molecule has 1 heterocycles. The number of nitrogens with zero attached hydrogens (tertiary/aromatic N) is 1. The molecular weight excluding hydrogens is 356 g/mol. The van der Waals surface area contributed by atoms with Crippen molar-refractivity contribution in [2.75, 3.05) is 5.32 Å². The Labute approximate surface area is 171 Å². The minimum absolute atomic E-state index is 0.0952. The number of rotatable bonds is 2. The van der Waals surface area contributed by atoms with E-state index in [0.717, 1.165) is 29.1 Å². The number of fused-ring (bicyclic) bond motifs is 2. The van der Waals surface area contributed by atoms with Gasteiger partial charge in [0.15, 0.2) is 0 Å². The lowest BCUT2D eigenvalue weighted by Gasteiger charge is -2.34. The SMILES string of the molecule is Cc1ccc([C@H]2Nc3ccccc3N=C3C[C@H](c4ccccc4)CC(=O)[C@H]32)cc1. The van der Waals surface area contributed by atoms with Crippen molar-refractivity contribution in [2.24, 2.45) is 10.9 Å². The quantitative estimate of drug-likeness (QED) is 0.593. The highest BCUT2D eigenvalue weighted by Gasteiger charge is 2.41. The van der Waals surface area contributed by atoms with Crippen LogP contribution in [0.2, 0.25) is 0 Å². The van der Waals surface area contributed by atoms with Crippen LogP contribution < -0.4 is 5.32 Å². The molecule has 1 saturated carbocycles. The van der Waals surface area contributed by atoms with E-state index in [-0.39, 0.29) is 23.7 Å². The first-order valence-corrected chi connectivity index (χ1v) is 10.3. The first-order chi connectivity index (χ1) is 14.2. The number of ketones is 1. The molecule has 1 fully saturated rings. The number of benzene rings is 3. The summed E-state index contributed by atoms with van der Waals surface area (Å²) >= 11 is 0. The number of carbonyl (C=O) groups excluding carboxylic acids is 1. The van der Waals surface area contributed by atoms with Gasteiger partial charge in [0.1, 0.15) is 5.78 Å². The lowest BCUT2D eigenvalue weighted by Crippen LogP contribution is -2.38. The maximum atomic E-state index is 13.4. The minimum Gasteiger partial charge on any atom is -0.375 e. The molecule has 29 heavy (non-hydrogen) atoms. The van der Waals surface area contributed by atoms with Gasteiger partial charge in [-0.1, -0.05) is 72.3 Å². The van der Waals surface area contributed by atoms with E-state index in [1.165, 1.54) is 11.1 Å². The average molecular weight is 380 g/mol. The monoisotopic (exact) mass is 380 g/mol. The number of aryl methyl sites for hydroxylation is 1. The lowest BCUT2D eigenvalue weighted by molar-refractivity contribution is -0.122. The molecule has 3 aromatic carbocycles. The van der Waals surface area contributed by atoms with Crippen LogP contribution in [0.15, 0.2) is 83.9 Å². The first-order valence-electron chi connectivity index (χ1n) is 10.3. The Morgan fingerprint density at radius 2 is 1.55 bits per heavy atom. The largest absolute Gasteiger partial charge is 0.375 e. The van der Waals surface area contributed by atoms with Gasteiger partial charge in [-0.05, 0) is 42.5 Å². The molecule has 0 saturated heterocycles. The van der Waals surface area contributed by atoms with Crippen molar-refractivity contribution in [3.63, 3.8) is 0 Å². The third-order valence-corrected chi connectivity index (χ3v) is 6.13. The van der Waals surface area contributed by atoms with E-state index in [9.17, 15) is 4.79 Å². The van der Waals surface area contributed by atoms with Gasteiger partial charge in [-0.25, -0.2) is 0 Å². The Balaban J connectivity index is 1.60. The molecule has 3 aromatic rings. The van der Waals surface area contributed by atoms with E-state index in [1.54, 1.807) is 0 Å². The number of hydrogen-bond acceptors (Lipinski definition) is 3. The molecule has 2 aliphatic rings. The first kappa shape index (κ1) is 17.9. The number of anilines is 1. The van der Waals surface area contributed by atoms with E-state index < -0.39 is 0 Å².